The zero-order chi connectivity index (χ0) is 17.1. The number of rotatable bonds is 0. The quantitative estimate of drug-likeness (QED) is 0.308. The molecule has 26 heavy (non-hydrogen) atoms. The van der Waals surface area contributed by atoms with E-state index in [-0.39, 0.29) is 0 Å². The molecule has 5 aromatic carbocycles. The van der Waals surface area contributed by atoms with E-state index in [9.17, 15) is 0 Å². The van der Waals surface area contributed by atoms with E-state index in [0.717, 1.165) is 16.4 Å². The third-order valence-electron chi connectivity index (χ3n) is 5.32. The molecular weight excluding hydrogens is 316 g/mol. The molecule has 0 bridgehead atoms. The Morgan fingerprint density at radius 2 is 1.00 bits per heavy atom. The molecule has 1 heterocycles. The molecule has 0 aliphatic carbocycles. The lowest BCUT2D eigenvalue weighted by molar-refractivity contribution is 1.31. The summed E-state index contributed by atoms with van der Waals surface area (Å²) in [5.74, 6) is 0. The Kier molecular flexibility index (Phi) is 2.64. The molecule has 0 N–H and O–H groups in total. The Labute approximate surface area is 149 Å². The Bertz CT molecular complexity index is 1410. The Morgan fingerprint density at radius 1 is 0.423 bits per heavy atom. The number of hydrogen-bond acceptors (Lipinski definition) is 2. The van der Waals surface area contributed by atoms with Crippen LogP contribution in [0.25, 0.3) is 54.1 Å². The van der Waals surface area contributed by atoms with Crippen molar-refractivity contribution in [1.82, 2.24) is 9.97 Å². The maximum atomic E-state index is 4.73. The minimum absolute atomic E-state index is 0.970. The van der Waals surface area contributed by atoms with E-state index < -0.39 is 0 Å². The first-order valence-corrected chi connectivity index (χ1v) is 8.77. The van der Waals surface area contributed by atoms with Gasteiger partial charge in [0.05, 0.1) is 11.0 Å². The second kappa shape index (κ2) is 4.99. The van der Waals surface area contributed by atoms with Gasteiger partial charge in [-0.25, -0.2) is 0 Å². The summed E-state index contributed by atoms with van der Waals surface area (Å²) in [6.45, 7) is 0. The lowest BCUT2D eigenvalue weighted by Crippen LogP contribution is -1.90. The predicted octanol–water partition coefficient (Wildman–Crippen LogP) is 6.24. The number of benzene rings is 5. The first kappa shape index (κ1) is 13.7. The molecule has 0 saturated carbocycles. The van der Waals surface area contributed by atoms with Gasteiger partial charge in [0.1, 0.15) is 0 Å². The van der Waals surface area contributed by atoms with Crippen LogP contribution < -0.4 is 0 Å². The highest BCUT2D eigenvalue weighted by Crippen LogP contribution is 2.39. The summed E-state index contributed by atoms with van der Waals surface area (Å²) in [5.41, 5.74) is 1.94. The van der Waals surface area contributed by atoms with Crippen molar-refractivity contribution >= 4 is 54.1 Å². The minimum Gasteiger partial charge on any atom is -0.252 e. The first-order chi connectivity index (χ1) is 12.9. The number of nitrogens with zero attached hydrogens (tertiary/aromatic N) is 2. The van der Waals surface area contributed by atoms with E-state index in [2.05, 4.69) is 72.8 Å². The van der Waals surface area contributed by atoms with Gasteiger partial charge in [-0.1, -0.05) is 72.8 Å². The SMILES string of the molecule is c1ccc2c(c1)ccc1c3nccnc3c3c4ccccc4ccc3c21. The van der Waals surface area contributed by atoms with Crippen LogP contribution in [0.3, 0.4) is 0 Å². The van der Waals surface area contributed by atoms with Gasteiger partial charge in [-0.05, 0) is 32.3 Å². The largest absolute Gasteiger partial charge is 0.252 e. The van der Waals surface area contributed by atoms with Crippen LogP contribution in [0.4, 0.5) is 0 Å². The Hall–Kier alpha value is -3.52. The first-order valence-electron chi connectivity index (χ1n) is 8.77. The topological polar surface area (TPSA) is 25.8 Å². The van der Waals surface area contributed by atoms with Crippen molar-refractivity contribution < 1.29 is 0 Å². The molecule has 6 rings (SSSR count). The third-order valence-corrected chi connectivity index (χ3v) is 5.32. The van der Waals surface area contributed by atoms with Crippen LogP contribution in [0.2, 0.25) is 0 Å². The van der Waals surface area contributed by atoms with Crippen molar-refractivity contribution in [3.8, 4) is 0 Å². The number of hydrogen-bond donors (Lipinski definition) is 0. The molecule has 0 fully saturated rings. The normalized spacial score (nSPS) is 11.8. The maximum Gasteiger partial charge on any atom is 0.0977 e. The highest BCUT2D eigenvalue weighted by Gasteiger charge is 2.14. The van der Waals surface area contributed by atoms with E-state index in [4.69, 9.17) is 9.97 Å². The standard InChI is InChI=1S/C24H14N2/c1-3-7-17-15(5-1)10-12-20-21(17)19-11-9-16-6-2-4-8-18(16)22(19)24-23(20)25-13-14-26-24/h1-14H. The summed E-state index contributed by atoms with van der Waals surface area (Å²) in [7, 11) is 0. The lowest BCUT2D eigenvalue weighted by Gasteiger charge is -2.13. The van der Waals surface area contributed by atoms with Gasteiger partial charge in [0.15, 0.2) is 0 Å². The van der Waals surface area contributed by atoms with E-state index in [1.165, 1.54) is 37.7 Å². The van der Waals surface area contributed by atoms with Crippen molar-refractivity contribution in [1.29, 1.82) is 0 Å². The summed E-state index contributed by atoms with van der Waals surface area (Å²) in [4.78, 5) is 9.44. The number of fused-ring (bicyclic) bond motifs is 10. The zero-order valence-corrected chi connectivity index (χ0v) is 14.0. The molecule has 0 radical (unpaired) electrons. The second-order valence-electron chi connectivity index (χ2n) is 6.67. The highest BCUT2D eigenvalue weighted by molar-refractivity contribution is 6.34. The maximum absolute atomic E-state index is 4.73. The molecule has 0 saturated heterocycles. The molecule has 0 aliphatic heterocycles. The Balaban J connectivity index is 2.06. The van der Waals surface area contributed by atoms with E-state index >= 15 is 0 Å². The average molecular weight is 330 g/mol. The fraction of sp³-hybridized carbons (Fsp3) is 0. The molecule has 2 nitrogen and oxygen atoms in total. The molecule has 0 amide bonds. The molecule has 0 aliphatic rings. The van der Waals surface area contributed by atoms with Crippen molar-refractivity contribution in [2.75, 3.05) is 0 Å². The van der Waals surface area contributed by atoms with Crippen LogP contribution >= 0.6 is 0 Å². The van der Waals surface area contributed by atoms with Crippen molar-refractivity contribution in [2.45, 2.75) is 0 Å². The van der Waals surface area contributed by atoms with Gasteiger partial charge in [-0.2, -0.15) is 0 Å². The van der Waals surface area contributed by atoms with E-state index in [1.807, 2.05) is 0 Å². The highest BCUT2D eigenvalue weighted by atomic mass is 14.8. The molecule has 6 aromatic rings. The molecule has 120 valence electrons. The second-order valence-corrected chi connectivity index (χ2v) is 6.67. The van der Waals surface area contributed by atoms with Crippen molar-refractivity contribution in [3.63, 3.8) is 0 Å². The van der Waals surface area contributed by atoms with Crippen molar-refractivity contribution in [2.24, 2.45) is 0 Å². The molecule has 0 unspecified atom stereocenters. The van der Waals surface area contributed by atoms with Crippen LogP contribution in [-0.4, -0.2) is 9.97 Å². The van der Waals surface area contributed by atoms with Gasteiger partial charge in [0.25, 0.3) is 0 Å². The summed E-state index contributed by atoms with van der Waals surface area (Å²) in [6.07, 6.45) is 3.57. The summed E-state index contributed by atoms with van der Waals surface area (Å²) >= 11 is 0. The third kappa shape index (κ3) is 1.71. The van der Waals surface area contributed by atoms with Crippen LogP contribution in [0, 0.1) is 0 Å². The van der Waals surface area contributed by atoms with Crippen LogP contribution in [0.15, 0.2) is 85.2 Å². The van der Waals surface area contributed by atoms with Gasteiger partial charge in [-0.3, -0.25) is 9.97 Å². The van der Waals surface area contributed by atoms with Crippen LogP contribution in [0.1, 0.15) is 0 Å². The summed E-state index contributed by atoms with van der Waals surface area (Å²) in [6, 6.07) is 25.9. The molecule has 1 aromatic heterocycles. The van der Waals surface area contributed by atoms with E-state index in [0.29, 0.717) is 0 Å². The van der Waals surface area contributed by atoms with Crippen LogP contribution in [-0.2, 0) is 0 Å². The molecule has 0 spiro atoms. The zero-order valence-electron chi connectivity index (χ0n) is 14.0. The molecule has 0 atom stereocenters. The monoisotopic (exact) mass is 330 g/mol. The molecule has 2 heteroatoms. The fourth-order valence-electron chi connectivity index (χ4n) is 4.21. The van der Waals surface area contributed by atoms with Gasteiger partial charge in [-0.15, -0.1) is 0 Å². The van der Waals surface area contributed by atoms with Crippen molar-refractivity contribution in [3.05, 3.63) is 85.2 Å². The number of aromatic nitrogens is 2. The van der Waals surface area contributed by atoms with Crippen LogP contribution in [0.5, 0.6) is 0 Å². The predicted molar refractivity (Wildman–Crippen MR) is 110 cm³/mol. The van der Waals surface area contributed by atoms with E-state index in [1.54, 1.807) is 12.4 Å². The average Bonchev–Trinajstić information content (AvgIpc) is 2.73. The molecular formula is C24H14N2. The lowest BCUT2D eigenvalue weighted by atomic mass is 9.92. The van der Waals surface area contributed by atoms with Gasteiger partial charge < -0.3 is 0 Å². The van der Waals surface area contributed by atoms with Gasteiger partial charge in [0.2, 0.25) is 0 Å². The summed E-state index contributed by atoms with van der Waals surface area (Å²) in [5, 5.41) is 9.82. The van der Waals surface area contributed by atoms with Gasteiger partial charge >= 0.3 is 0 Å². The smallest absolute Gasteiger partial charge is 0.0977 e. The fourth-order valence-corrected chi connectivity index (χ4v) is 4.21. The minimum atomic E-state index is 0.970. The Morgan fingerprint density at radius 3 is 1.73 bits per heavy atom. The van der Waals surface area contributed by atoms with Gasteiger partial charge in [0, 0.05) is 23.2 Å². The summed E-state index contributed by atoms with van der Waals surface area (Å²) < 4.78 is 0.